The van der Waals surface area contributed by atoms with Crippen LogP contribution >= 0.6 is 0 Å². The lowest BCUT2D eigenvalue weighted by molar-refractivity contribution is -0.121. The lowest BCUT2D eigenvalue weighted by Crippen LogP contribution is -2.45. The van der Waals surface area contributed by atoms with E-state index >= 15 is 0 Å². The van der Waals surface area contributed by atoms with Gasteiger partial charge in [0, 0.05) is 25.0 Å². The number of benzene rings is 3. The van der Waals surface area contributed by atoms with Gasteiger partial charge in [-0.2, -0.15) is 0 Å². The van der Waals surface area contributed by atoms with E-state index in [-0.39, 0.29) is 27.9 Å². The Hall–Kier alpha value is -4.50. The second-order valence-electron chi connectivity index (χ2n) is 10.5. The number of aryl methyl sites for hydroxylation is 4. The summed E-state index contributed by atoms with van der Waals surface area (Å²) in [5.41, 5.74) is 1.64. The molecule has 0 radical (unpaired) electrons. The molecule has 0 amide bonds. The average Bonchev–Trinajstić information content (AvgIpc) is 3.01. The number of ether oxygens (including phenoxy) is 1. The van der Waals surface area contributed by atoms with Crippen LogP contribution in [0.3, 0.4) is 0 Å². The van der Waals surface area contributed by atoms with Gasteiger partial charge in [0.25, 0.3) is 0 Å². The summed E-state index contributed by atoms with van der Waals surface area (Å²) in [6, 6.07) is 27.0. The van der Waals surface area contributed by atoms with Crippen LogP contribution in [0.15, 0.2) is 109 Å². The van der Waals surface area contributed by atoms with Crippen molar-refractivity contribution in [2.24, 2.45) is 0 Å². The highest BCUT2D eigenvalue weighted by atomic mass is 16.5. The first-order valence-electron chi connectivity index (χ1n) is 13.9. The Bertz CT molecular complexity index is 1810. The van der Waals surface area contributed by atoms with Crippen molar-refractivity contribution >= 4 is 11.0 Å². The third kappa shape index (κ3) is 5.65. The van der Waals surface area contributed by atoms with Crippen molar-refractivity contribution in [3.63, 3.8) is 0 Å². The largest absolute Gasteiger partial charge is 0.480 e. The van der Waals surface area contributed by atoms with E-state index in [0.717, 1.165) is 17.5 Å². The van der Waals surface area contributed by atoms with Gasteiger partial charge in [-0.15, -0.1) is 0 Å². The van der Waals surface area contributed by atoms with Crippen molar-refractivity contribution < 1.29 is 28.9 Å². The molecule has 1 aliphatic rings. The standard InChI is InChI=1S/C34H30O8/c35-26-18-23(13-11-20-7-3-1-4-8-20)40-28-16-15-22(17-25(26)28)42-34-32(39)31(38)30(37)29-27(36)19-24(41-33(29)34)14-12-21-9-5-2-6-10-21/h1-10,15-19,30-32,34,37-39H,11-14H2/t30-,31+,32+,34+/m0/s1. The van der Waals surface area contributed by atoms with Gasteiger partial charge in [0.05, 0.1) is 10.9 Å². The molecule has 8 nitrogen and oxygen atoms in total. The number of hydrogen-bond acceptors (Lipinski definition) is 8. The smallest absolute Gasteiger partial charge is 0.193 e. The second-order valence-corrected chi connectivity index (χ2v) is 10.5. The monoisotopic (exact) mass is 566 g/mol. The van der Waals surface area contributed by atoms with E-state index in [9.17, 15) is 24.9 Å². The van der Waals surface area contributed by atoms with Gasteiger partial charge in [-0.05, 0) is 42.2 Å². The zero-order chi connectivity index (χ0) is 29.2. The van der Waals surface area contributed by atoms with E-state index in [4.69, 9.17) is 13.6 Å². The molecule has 2 aromatic heterocycles. The van der Waals surface area contributed by atoms with Crippen LogP contribution in [-0.2, 0) is 25.7 Å². The van der Waals surface area contributed by atoms with Crippen molar-refractivity contribution in [3.05, 3.63) is 145 Å². The maximum Gasteiger partial charge on any atom is 0.193 e. The van der Waals surface area contributed by atoms with E-state index in [2.05, 4.69) is 0 Å². The van der Waals surface area contributed by atoms with E-state index in [0.29, 0.717) is 36.4 Å². The maximum atomic E-state index is 13.0. The molecule has 0 saturated heterocycles. The van der Waals surface area contributed by atoms with Crippen molar-refractivity contribution in [1.29, 1.82) is 0 Å². The molecule has 3 N–H and O–H groups in total. The van der Waals surface area contributed by atoms with Crippen LogP contribution in [0.2, 0.25) is 0 Å². The SMILES string of the molecule is O=c1cc(CCc2ccccc2)oc2c1[C@H](O)[C@@H](O)[C@@H](O)[C@H]2Oc1ccc2oc(CCc3ccccc3)cc(=O)c2c1. The second kappa shape index (κ2) is 11.8. The normalized spacial score (nSPS) is 19.9. The van der Waals surface area contributed by atoms with E-state index in [1.54, 1.807) is 12.1 Å². The van der Waals surface area contributed by atoms with Crippen LogP contribution in [0.25, 0.3) is 11.0 Å². The predicted octanol–water partition coefficient (Wildman–Crippen LogP) is 4.21. The fourth-order valence-electron chi connectivity index (χ4n) is 5.36. The first-order chi connectivity index (χ1) is 20.4. The highest BCUT2D eigenvalue weighted by molar-refractivity contribution is 5.78. The average molecular weight is 567 g/mol. The molecule has 0 fully saturated rings. The van der Waals surface area contributed by atoms with E-state index in [1.807, 2.05) is 60.7 Å². The van der Waals surface area contributed by atoms with Crippen molar-refractivity contribution in [3.8, 4) is 5.75 Å². The Morgan fingerprint density at radius 3 is 1.88 bits per heavy atom. The number of hydrogen-bond donors (Lipinski definition) is 3. The first kappa shape index (κ1) is 27.7. The van der Waals surface area contributed by atoms with Gasteiger partial charge in [-0.25, -0.2) is 0 Å². The van der Waals surface area contributed by atoms with Crippen molar-refractivity contribution in [1.82, 2.24) is 0 Å². The summed E-state index contributed by atoms with van der Waals surface area (Å²) in [6.45, 7) is 0. The minimum absolute atomic E-state index is 0.0562. The molecule has 8 heteroatoms. The Kier molecular flexibility index (Phi) is 7.75. The summed E-state index contributed by atoms with van der Waals surface area (Å²) in [4.78, 5) is 26.0. The quantitative estimate of drug-likeness (QED) is 0.255. The topological polar surface area (TPSA) is 130 Å². The van der Waals surface area contributed by atoms with Gasteiger partial charge < -0.3 is 28.9 Å². The van der Waals surface area contributed by atoms with Crippen LogP contribution in [0.4, 0.5) is 0 Å². The summed E-state index contributed by atoms with van der Waals surface area (Å²) >= 11 is 0. The lowest BCUT2D eigenvalue weighted by Gasteiger charge is -2.35. The molecule has 0 aliphatic heterocycles. The maximum absolute atomic E-state index is 13.0. The Balaban J connectivity index is 1.28. The van der Waals surface area contributed by atoms with Gasteiger partial charge >= 0.3 is 0 Å². The van der Waals surface area contributed by atoms with E-state index in [1.165, 1.54) is 18.2 Å². The molecule has 6 rings (SSSR count). The Morgan fingerprint density at radius 2 is 1.24 bits per heavy atom. The third-order valence-electron chi connectivity index (χ3n) is 7.62. The molecule has 1 aliphatic carbocycles. The van der Waals surface area contributed by atoms with Crippen LogP contribution in [0, 0.1) is 0 Å². The lowest BCUT2D eigenvalue weighted by atomic mass is 9.87. The van der Waals surface area contributed by atoms with Crippen LogP contribution in [0.1, 0.15) is 46.2 Å². The highest BCUT2D eigenvalue weighted by Crippen LogP contribution is 2.39. The Morgan fingerprint density at radius 1 is 0.643 bits per heavy atom. The third-order valence-corrected chi connectivity index (χ3v) is 7.62. The number of aliphatic hydroxyl groups is 3. The van der Waals surface area contributed by atoms with Crippen LogP contribution < -0.4 is 15.6 Å². The van der Waals surface area contributed by atoms with Gasteiger partial charge in [-0.1, -0.05) is 60.7 Å². The fraction of sp³-hybridized carbons (Fsp3) is 0.235. The number of rotatable bonds is 8. The van der Waals surface area contributed by atoms with Gasteiger partial charge in [0.1, 0.15) is 41.2 Å². The number of fused-ring (bicyclic) bond motifs is 2. The molecule has 214 valence electrons. The number of aliphatic hydroxyl groups excluding tert-OH is 3. The molecule has 0 saturated carbocycles. The van der Waals surface area contributed by atoms with Gasteiger partial charge in [0.2, 0.25) is 0 Å². The summed E-state index contributed by atoms with van der Waals surface area (Å²) in [5.74, 6) is 1.06. The summed E-state index contributed by atoms with van der Waals surface area (Å²) in [6.07, 6.45) is -3.95. The van der Waals surface area contributed by atoms with Crippen molar-refractivity contribution in [2.75, 3.05) is 0 Å². The summed E-state index contributed by atoms with van der Waals surface area (Å²) < 4.78 is 18.1. The van der Waals surface area contributed by atoms with Gasteiger partial charge in [-0.3, -0.25) is 9.59 Å². The minimum Gasteiger partial charge on any atom is -0.480 e. The fourth-order valence-corrected chi connectivity index (χ4v) is 5.36. The Labute approximate surface area is 241 Å². The van der Waals surface area contributed by atoms with Crippen LogP contribution in [0.5, 0.6) is 5.75 Å². The molecule has 0 bridgehead atoms. The van der Waals surface area contributed by atoms with Crippen molar-refractivity contribution in [2.45, 2.75) is 50.1 Å². The molecular formula is C34H30O8. The molecule has 4 atom stereocenters. The molecule has 5 aromatic rings. The van der Waals surface area contributed by atoms with E-state index < -0.39 is 29.8 Å². The first-order valence-corrected chi connectivity index (χ1v) is 13.9. The highest BCUT2D eigenvalue weighted by Gasteiger charge is 2.45. The zero-order valence-electron chi connectivity index (χ0n) is 22.7. The molecule has 3 aromatic carbocycles. The molecule has 0 unspecified atom stereocenters. The van der Waals surface area contributed by atoms with Crippen LogP contribution in [-0.4, -0.2) is 27.5 Å². The summed E-state index contributed by atoms with van der Waals surface area (Å²) in [5, 5.41) is 32.3. The molecule has 42 heavy (non-hydrogen) atoms. The minimum atomic E-state index is -1.68. The molecular weight excluding hydrogens is 536 g/mol. The molecule has 2 heterocycles. The van der Waals surface area contributed by atoms with Gasteiger partial charge in [0.15, 0.2) is 22.7 Å². The molecule has 0 spiro atoms. The predicted molar refractivity (Wildman–Crippen MR) is 156 cm³/mol. The zero-order valence-corrected chi connectivity index (χ0v) is 22.7. The summed E-state index contributed by atoms with van der Waals surface area (Å²) in [7, 11) is 0.